The molecule has 1 aromatic rings. The van der Waals surface area contributed by atoms with E-state index in [-0.39, 0.29) is 68.1 Å². The number of carbonyl (C=O) groups is 1. The van der Waals surface area contributed by atoms with E-state index in [1.165, 1.54) is 12.1 Å². The second kappa shape index (κ2) is 6.34. The van der Waals surface area contributed by atoms with Crippen molar-refractivity contribution in [1.82, 2.24) is 0 Å². The molecule has 0 fully saturated rings. The van der Waals surface area contributed by atoms with Gasteiger partial charge in [-0.15, -0.1) is 0 Å². The molecule has 0 heterocycles. The number of aryl methyl sites for hydroxylation is 1. The fourth-order valence-electron chi connectivity index (χ4n) is 1.65. The number of phenolic OH excluding ortho intramolecular Hbond substituents is 1. The van der Waals surface area contributed by atoms with Crippen molar-refractivity contribution >= 4 is 5.97 Å². The molecule has 0 aromatic heterocycles. The Morgan fingerprint density at radius 3 is 2.35 bits per heavy atom. The molecule has 1 rings (SSSR count). The average molecular weight is 260 g/mol. The third-order valence-electron chi connectivity index (χ3n) is 3.18. The van der Waals surface area contributed by atoms with Gasteiger partial charge in [0.15, 0.2) is 0 Å². The Kier molecular flexibility index (Phi) is 6.39. The van der Waals surface area contributed by atoms with Gasteiger partial charge in [-0.2, -0.15) is 0 Å². The van der Waals surface area contributed by atoms with E-state index in [2.05, 4.69) is 0 Å². The van der Waals surface area contributed by atoms with Crippen molar-refractivity contribution in [3.05, 3.63) is 28.8 Å². The minimum atomic E-state index is -1.20. The van der Waals surface area contributed by atoms with Crippen LogP contribution in [0.4, 0.5) is 0 Å². The van der Waals surface area contributed by atoms with Crippen LogP contribution < -0.4 is 56.5 Å². The summed E-state index contributed by atoms with van der Waals surface area (Å²) in [6.45, 7) is 7.58. The van der Waals surface area contributed by atoms with Gasteiger partial charge in [0, 0.05) is 11.1 Å². The monoisotopic (exact) mass is 260 g/mol. The number of aromatic carboxylic acids is 1. The van der Waals surface area contributed by atoms with Crippen LogP contribution >= 0.6 is 0 Å². The second-order valence-electron chi connectivity index (χ2n) is 4.71. The zero-order valence-electron chi connectivity index (χ0n) is 11.1. The smallest absolute Gasteiger partial charge is 0.545 e. The van der Waals surface area contributed by atoms with Gasteiger partial charge >= 0.3 is 51.4 Å². The summed E-state index contributed by atoms with van der Waals surface area (Å²) in [5.74, 6) is -1.06. The molecule has 0 atom stereocenters. The second-order valence-corrected chi connectivity index (χ2v) is 4.71. The summed E-state index contributed by atoms with van der Waals surface area (Å²) in [7, 11) is 0. The molecular formula is C13H17KO3. The maximum Gasteiger partial charge on any atom is 1.00 e. The fraction of sp³-hybridized carbons (Fsp3) is 0.462. The Morgan fingerprint density at radius 1 is 1.41 bits per heavy atom. The number of carboxylic acid groups (broad SMARTS) is 1. The van der Waals surface area contributed by atoms with Crippen molar-refractivity contribution in [2.75, 3.05) is 0 Å². The van der Waals surface area contributed by atoms with E-state index in [4.69, 9.17) is 0 Å². The van der Waals surface area contributed by atoms with Gasteiger partial charge in [-0.3, -0.25) is 0 Å². The van der Waals surface area contributed by atoms with Crippen molar-refractivity contribution in [3.63, 3.8) is 0 Å². The maximum absolute atomic E-state index is 10.9. The van der Waals surface area contributed by atoms with Crippen molar-refractivity contribution in [2.45, 2.75) is 39.5 Å². The van der Waals surface area contributed by atoms with Crippen LogP contribution in [0.15, 0.2) is 12.1 Å². The van der Waals surface area contributed by atoms with E-state index in [0.717, 1.165) is 6.42 Å². The molecule has 0 amide bonds. The number of hydrogen-bond donors (Lipinski definition) is 1. The molecule has 3 nitrogen and oxygen atoms in total. The molecule has 1 N–H and O–H groups in total. The van der Waals surface area contributed by atoms with Gasteiger partial charge in [0.1, 0.15) is 5.75 Å². The maximum atomic E-state index is 10.9. The summed E-state index contributed by atoms with van der Waals surface area (Å²) in [5.41, 5.74) is 1.07. The predicted molar refractivity (Wildman–Crippen MR) is 60.5 cm³/mol. The molecule has 1 aromatic carbocycles. The summed E-state index contributed by atoms with van der Waals surface area (Å²) in [5, 5.41) is 20.8. The Bertz CT molecular complexity index is 425. The average Bonchev–Trinajstić information content (AvgIpc) is 2.16. The Morgan fingerprint density at radius 2 is 1.94 bits per heavy atom. The number of aromatic hydroxyl groups is 1. The molecule has 0 saturated carbocycles. The number of benzene rings is 1. The number of carbonyl (C=O) groups excluding carboxylic acids is 1. The first-order valence-corrected chi connectivity index (χ1v) is 5.35. The van der Waals surface area contributed by atoms with Crippen LogP contribution in [-0.4, -0.2) is 11.1 Å². The van der Waals surface area contributed by atoms with Crippen LogP contribution in [-0.2, 0) is 5.41 Å². The zero-order valence-corrected chi connectivity index (χ0v) is 14.2. The van der Waals surface area contributed by atoms with Crippen LogP contribution in [0.2, 0.25) is 0 Å². The quantitative estimate of drug-likeness (QED) is 0.691. The summed E-state index contributed by atoms with van der Waals surface area (Å²) < 4.78 is 0. The first-order valence-electron chi connectivity index (χ1n) is 5.35. The molecule has 0 unspecified atom stereocenters. The fourth-order valence-corrected chi connectivity index (χ4v) is 1.65. The molecule has 0 radical (unpaired) electrons. The van der Waals surface area contributed by atoms with Crippen molar-refractivity contribution in [1.29, 1.82) is 0 Å². The Labute approximate surface area is 145 Å². The van der Waals surface area contributed by atoms with Crippen molar-refractivity contribution in [2.24, 2.45) is 0 Å². The molecule has 0 spiro atoms. The standard InChI is InChI=1S/C13H18O3.K/c1-5-13(3,4)10-7-9(12(15)16)8(2)6-11(10)14;/h6-7,14H,5H2,1-4H3,(H,15,16);/q;+1/p-1. The van der Waals surface area contributed by atoms with Gasteiger partial charge in [-0.1, -0.05) is 20.8 Å². The van der Waals surface area contributed by atoms with E-state index in [9.17, 15) is 15.0 Å². The van der Waals surface area contributed by atoms with Crippen LogP contribution in [0.25, 0.3) is 0 Å². The SMILES string of the molecule is CCC(C)(C)c1cc(C(=O)[O-])c(C)cc1O.[K+]. The summed E-state index contributed by atoms with van der Waals surface area (Å²) in [6, 6.07) is 3.00. The molecule has 17 heavy (non-hydrogen) atoms. The molecule has 0 saturated heterocycles. The van der Waals surface area contributed by atoms with E-state index >= 15 is 0 Å². The van der Waals surface area contributed by atoms with Crippen LogP contribution in [0.1, 0.15) is 48.7 Å². The van der Waals surface area contributed by atoms with Crippen molar-refractivity contribution in [3.8, 4) is 5.75 Å². The molecule has 0 aliphatic carbocycles. The number of carboxylic acids is 1. The van der Waals surface area contributed by atoms with Crippen LogP contribution in [0.5, 0.6) is 5.75 Å². The number of rotatable bonds is 3. The van der Waals surface area contributed by atoms with E-state index in [0.29, 0.717) is 11.1 Å². The first-order chi connectivity index (χ1) is 7.29. The summed E-state index contributed by atoms with van der Waals surface area (Å²) >= 11 is 0. The van der Waals surface area contributed by atoms with Gasteiger partial charge in [0.2, 0.25) is 0 Å². The first kappa shape index (κ1) is 17.1. The molecule has 88 valence electrons. The Balaban J connectivity index is 0.00000256. The third-order valence-corrected chi connectivity index (χ3v) is 3.18. The van der Waals surface area contributed by atoms with Gasteiger partial charge in [0.05, 0.1) is 5.97 Å². The van der Waals surface area contributed by atoms with E-state index < -0.39 is 5.97 Å². The summed E-state index contributed by atoms with van der Waals surface area (Å²) in [6.07, 6.45) is 0.816. The number of hydrogen-bond acceptors (Lipinski definition) is 3. The third kappa shape index (κ3) is 3.79. The van der Waals surface area contributed by atoms with Gasteiger partial charge in [-0.25, -0.2) is 0 Å². The van der Waals surface area contributed by atoms with Crippen LogP contribution in [0.3, 0.4) is 0 Å². The number of phenols is 1. The van der Waals surface area contributed by atoms with E-state index in [1.54, 1.807) is 6.92 Å². The van der Waals surface area contributed by atoms with Gasteiger partial charge in [-0.05, 0) is 36.5 Å². The normalized spacial score (nSPS) is 10.8. The molecule has 0 aliphatic rings. The molecule has 0 bridgehead atoms. The molecular weight excluding hydrogens is 243 g/mol. The topological polar surface area (TPSA) is 60.4 Å². The van der Waals surface area contributed by atoms with Crippen LogP contribution in [0, 0.1) is 6.92 Å². The van der Waals surface area contributed by atoms with Crippen molar-refractivity contribution < 1.29 is 66.4 Å². The minimum Gasteiger partial charge on any atom is -0.545 e. The van der Waals surface area contributed by atoms with Gasteiger partial charge in [0.25, 0.3) is 0 Å². The zero-order chi connectivity index (χ0) is 12.5. The summed E-state index contributed by atoms with van der Waals surface area (Å²) in [4.78, 5) is 10.9. The largest absolute Gasteiger partial charge is 1.00 e. The van der Waals surface area contributed by atoms with E-state index in [1.807, 2.05) is 20.8 Å². The Hall–Kier alpha value is 0.126. The predicted octanol–water partition coefficient (Wildman–Crippen LogP) is -1.24. The minimum absolute atomic E-state index is 0. The molecule has 0 aliphatic heterocycles. The molecule has 4 heteroatoms. The van der Waals surface area contributed by atoms with Gasteiger partial charge < -0.3 is 15.0 Å².